The highest BCUT2D eigenvalue weighted by atomic mass is 79.9. The van der Waals surface area contributed by atoms with Crippen LogP contribution in [0, 0.1) is 5.41 Å². The van der Waals surface area contributed by atoms with Gasteiger partial charge >= 0.3 is 12.1 Å². The number of hydrogen-bond acceptors (Lipinski definition) is 10. The zero-order valence-electron chi connectivity index (χ0n) is 16.5. The fourth-order valence-corrected chi connectivity index (χ4v) is 3.59. The Labute approximate surface area is 193 Å². The Hall–Kier alpha value is -2.39. The minimum absolute atomic E-state index is 0.0215. The molecule has 0 amide bonds. The lowest BCUT2D eigenvalue weighted by Crippen LogP contribution is -2.28. The zero-order valence-corrected chi connectivity index (χ0v) is 19.7. The smallest absolute Gasteiger partial charge is 0.433 e. The fourth-order valence-electron chi connectivity index (χ4n) is 2.14. The second-order valence-corrected chi connectivity index (χ2v) is 9.68. The molecule has 174 valence electrons. The number of nitrogens with zero attached hydrogens (tertiary/aromatic N) is 2. The SMILES string of the molecule is CSCOC(=O)CN/C(=C(/Br)C(=N)C(F)(F)F)c1nc(-c2cccc(S(C)(=O)=O)c2)no1. The van der Waals surface area contributed by atoms with Crippen molar-refractivity contribution < 1.29 is 35.6 Å². The number of halogens is 4. The summed E-state index contributed by atoms with van der Waals surface area (Å²) in [6.07, 6.45) is -2.31. The van der Waals surface area contributed by atoms with Gasteiger partial charge in [0.2, 0.25) is 5.82 Å². The lowest BCUT2D eigenvalue weighted by Gasteiger charge is -2.12. The molecule has 0 bridgehead atoms. The highest BCUT2D eigenvalue weighted by Crippen LogP contribution is 2.30. The molecule has 2 N–H and O–H groups in total. The summed E-state index contributed by atoms with van der Waals surface area (Å²) in [5.41, 5.74) is -1.99. The first kappa shape index (κ1) is 25.9. The summed E-state index contributed by atoms with van der Waals surface area (Å²) in [5.74, 6) is -1.31. The van der Waals surface area contributed by atoms with Crippen LogP contribution in [0.5, 0.6) is 0 Å². The zero-order chi connectivity index (χ0) is 24.1. The van der Waals surface area contributed by atoms with Crippen LogP contribution >= 0.6 is 27.7 Å². The molecule has 0 aliphatic rings. The van der Waals surface area contributed by atoms with E-state index in [1.165, 1.54) is 36.0 Å². The van der Waals surface area contributed by atoms with Crippen molar-refractivity contribution in [1.29, 1.82) is 5.41 Å². The van der Waals surface area contributed by atoms with Gasteiger partial charge in [-0.1, -0.05) is 17.3 Å². The fraction of sp³-hybridized carbons (Fsp3) is 0.294. The van der Waals surface area contributed by atoms with Gasteiger partial charge in [0, 0.05) is 11.8 Å². The van der Waals surface area contributed by atoms with Crippen LogP contribution in [0.3, 0.4) is 0 Å². The molecule has 15 heteroatoms. The van der Waals surface area contributed by atoms with E-state index in [9.17, 15) is 26.4 Å². The maximum absolute atomic E-state index is 13.0. The van der Waals surface area contributed by atoms with Gasteiger partial charge in [0.1, 0.15) is 18.2 Å². The molecule has 0 unspecified atom stereocenters. The van der Waals surface area contributed by atoms with Crippen LogP contribution in [0.1, 0.15) is 5.89 Å². The van der Waals surface area contributed by atoms with Crippen LogP contribution in [0.4, 0.5) is 13.2 Å². The van der Waals surface area contributed by atoms with E-state index in [0.717, 1.165) is 6.26 Å². The van der Waals surface area contributed by atoms with Crippen molar-refractivity contribution in [3.8, 4) is 11.4 Å². The van der Waals surface area contributed by atoms with Gasteiger partial charge in [-0.05, 0) is 34.3 Å². The minimum atomic E-state index is -5.00. The van der Waals surface area contributed by atoms with Crippen LogP contribution in [0.2, 0.25) is 0 Å². The van der Waals surface area contributed by atoms with Gasteiger partial charge in [-0.25, -0.2) is 8.42 Å². The summed E-state index contributed by atoms with van der Waals surface area (Å²) in [5, 5.41) is 13.4. The molecule has 0 radical (unpaired) electrons. The number of nitrogens with one attached hydrogen (secondary N) is 2. The van der Waals surface area contributed by atoms with Gasteiger partial charge in [-0.2, -0.15) is 18.2 Å². The van der Waals surface area contributed by atoms with Crippen LogP contribution in [-0.2, 0) is 19.4 Å². The third-order valence-corrected chi connectivity index (χ3v) is 5.89. The van der Waals surface area contributed by atoms with E-state index in [2.05, 4.69) is 31.4 Å². The number of sulfone groups is 1. The van der Waals surface area contributed by atoms with E-state index in [0.29, 0.717) is 0 Å². The summed E-state index contributed by atoms with van der Waals surface area (Å²) in [6.45, 7) is -0.544. The maximum Gasteiger partial charge on any atom is 0.433 e. The number of thioether (sulfide) groups is 1. The molecule has 2 rings (SSSR count). The number of alkyl halides is 3. The Morgan fingerprint density at radius 2 is 2.06 bits per heavy atom. The Balaban J connectivity index is 2.44. The molecule has 1 aromatic heterocycles. The molecular weight excluding hydrogens is 541 g/mol. The van der Waals surface area contributed by atoms with Gasteiger partial charge in [-0.15, -0.1) is 11.8 Å². The first-order valence-electron chi connectivity index (χ1n) is 8.43. The number of aromatic nitrogens is 2. The molecule has 1 heterocycles. The third-order valence-electron chi connectivity index (χ3n) is 3.63. The number of ether oxygens (including phenoxy) is 1. The van der Waals surface area contributed by atoms with Gasteiger partial charge < -0.3 is 14.6 Å². The lowest BCUT2D eigenvalue weighted by molar-refractivity contribution is -0.140. The van der Waals surface area contributed by atoms with E-state index in [1.807, 2.05) is 0 Å². The lowest BCUT2D eigenvalue weighted by atomic mass is 10.2. The van der Waals surface area contributed by atoms with Crippen LogP contribution < -0.4 is 5.32 Å². The van der Waals surface area contributed by atoms with Crippen LogP contribution in [0.15, 0.2) is 38.2 Å². The molecule has 0 fully saturated rings. The number of benzene rings is 1. The van der Waals surface area contributed by atoms with Gasteiger partial charge in [0.25, 0.3) is 5.89 Å². The standard InChI is InChI=1S/C17H16BrF3N4O5S2/c1-31-8-29-11(26)7-23-13(12(18)14(22)17(19,20)21)16-24-15(25-30-16)9-4-3-5-10(6-9)32(2,27)28/h3-6,22-23H,7-8H2,1-2H3/b13-12+,22-14?. The maximum atomic E-state index is 13.0. The Morgan fingerprint density at radius 1 is 1.38 bits per heavy atom. The van der Waals surface area contributed by atoms with Crippen molar-refractivity contribution in [2.24, 2.45) is 0 Å². The molecule has 32 heavy (non-hydrogen) atoms. The van der Waals surface area contributed by atoms with Gasteiger partial charge in [0.15, 0.2) is 15.5 Å². The molecule has 0 saturated heterocycles. The molecule has 0 spiro atoms. The monoisotopic (exact) mass is 556 g/mol. The predicted molar refractivity (Wildman–Crippen MR) is 115 cm³/mol. The quantitative estimate of drug-likeness (QED) is 0.271. The molecule has 2 aromatic rings. The summed E-state index contributed by atoms with van der Waals surface area (Å²) in [6, 6.07) is 5.54. The summed E-state index contributed by atoms with van der Waals surface area (Å²) < 4.78 is 71.7. The normalized spacial score (nSPS) is 12.8. The van der Waals surface area contributed by atoms with E-state index < -0.39 is 50.3 Å². The second kappa shape index (κ2) is 10.5. The highest BCUT2D eigenvalue weighted by molar-refractivity contribution is 9.12. The Bertz CT molecular complexity index is 1150. The largest absolute Gasteiger partial charge is 0.453 e. The van der Waals surface area contributed by atoms with Crippen molar-refractivity contribution in [3.63, 3.8) is 0 Å². The van der Waals surface area contributed by atoms with Crippen LogP contribution in [0.25, 0.3) is 17.1 Å². The average Bonchev–Trinajstić information content (AvgIpc) is 3.20. The van der Waals surface area contributed by atoms with Crippen molar-refractivity contribution >= 4 is 54.9 Å². The topological polar surface area (TPSA) is 135 Å². The number of esters is 1. The van der Waals surface area contributed by atoms with Crippen molar-refractivity contribution in [1.82, 2.24) is 15.5 Å². The molecule has 0 aliphatic carbocycles. The number of carbonyl (C=O) groups excluding carboxylic acids is 1. The van der Waals surface area contributed by atoms with Gasteiger partial charge in [-0.3, -0.25) is 10.2 Å². The number of allylic oxidation sites excluding steroid dienone is 1. The van der Waals surface area contributed by atoms with E-state index in [4.69, 9.17) is 14.7 Å². The molecule has 0 atom stereocenters. The third kappa shape index (κ3) is 6.80. The van der Waals surface area contributed by atoms with Crippen molar-refractivity contribution in [2.45, 2.75) is 11.1 Å². The summed E-state index contributed by atoms with van der Waals surface area (Å²) in [7, 11) is -3.53. The number of rotatable bonds is 9. The minimum Gasteiger partial charge on any atom is -0.453 e. The molecule has 1 aromatic carbocycles. The Morgan fingerprint density at radius 3 is 2.66 bits per heavy atom. The van der Waals surface area contributed by atoms with E-state index in [1.54, 1.807) is 6.26 Å². The molecular formula is C17H16BrF3N4O5S2. The average molecular weight is 557 g/mol. The number of carbonyl (C=O) groups is 1. The summed E-state index contributed by atoms with van der Waals surface area (Å²) >= 11 is 3.92. The summed E-state index contributed by atoms with van der Waals surface area (Å²) in [4.78, 5) is 15.7. The molecule has 0 saturated carbocycles. The molecule has 0 aliphatic heterocycles. The molecule has 9 nitrogen and oxygen atoms in total. The van der Waals surface area contributed by atoms with Gasteiger partial charge in [0.05, 0.1) is 9.38 Å². The first-order chi connectivity index (χ1) is 14.8. The number of hydrogen-bond donors (Lipinski definition) is 2. The van der Waals surface area contributed by atoms with E-state index >= 15 is 0 Å². The van der Waals surface area contributed by atoms with E-state index in [-0.39, 0.29) is 22.2 Å². The first-order valence-corrected chi connectivity index (χ1v) is 12.5. The van der Waals surface area contributed by atoms with Crippen molar-refractivity contribution in [2.75, 3.05) is 25.0 Å². The van der Waals surface area contributed by atoms with Crippen molar-refractivity contribution in [3.05, 3.63) is 34.6 Å². The Kier molecular flexibility index (Phi) is 8.47. The second-order valence-electron chi connectivity index (χ2n) is 6.06. The highest BCUT2D eigenvalue weighted by Gasteiger charge is 2.38. The predicted octanol–water partition coefficient (Wildman–Crippen LogP) is 3.24. The van der Waals surface area contributed by atoms with Crippen LogP contribution in [-0.4, -0.2) is 61.4 Å².